The van der Waals surface area contributed by atoms with Crippen LogP contribution in [0.25, 0.3) is 21.3 Å². The first kappa shape index (κ1) is 21.8. The van der Waals surface area contributed by atoms with Crippen LogP contribution in [0.3, 0.4) is 0 Å². The van der Waals surface area contributed by atoms with Gasteiger partial charge in [0.05, 0.1) is 12.0 Å². The Labute approximate surface area is 190 Å². The molecule has 2 heterocycles. The van der Waals surface area contributed by atoms with Crippen LogP contribution in [0, 0.1) is 13.8 Å². The Morgan fingerprint density at radius 1 is 1.09 bits per heavy atom. The average molecular weight is 448 g/mol. The first-order valence-corrected chi connectivity index (χ1v) is 11.4. The van der Waals surface area contributed by atoms with E-state index in [1.54, 1.807) is 0 Å². The molecular formula is C25H25N3O3S. The highest BCUT2D eigenvalue weighted by Gasteiger charge is 2.17. The number of fused-ring (bicyclic) bond motifs is 1. The number of hydrogen-bond acceptors (Lipinski definition) is 5. The smallest absolute Gasteiger partial charge is 0.281 e. The van der Waals surface area contributed by atoms with E-state index in [1.807, 2.05) is 68.4 Å². The fourth-order valence-electron chi connectivity index (χ4n) is 3.61. The van der Waals surface area contributed by atoms with Crippen LogP contribution < -0.4 is 15.7 Å². The van der Waals surface area contributed by atoms with Crippen molar-refractivity contribution in [2.24, 2.45) is 0 Å². The number of benzene rings is 2. The van der Waals surface area contributed by atoms with Gasteiger partial charge in [0.25, 0.3) is 5.56 Å². The number of unbranched alkanes of at least 4 members (excludes halogenated alkanes) is 1. The standard InChI is InChI=1S/C25H25N3O3S/c1-17-9-8-12-20(15-17)31-14-7-6-13-21(29)27-28-16-26-24-23(25(28)30)22(18(2)32-24)19-10-4-3-5-11-19/h3-5,8-12,15-16H,6-7,13-14H2,1-2H3,(H,27,29). The minimum absolute atomic E-state index is 0.225. The van der Waals surface area contributed by atoms with Gasteiger partial charge in [-0.05, 0) is 49.9 Å². The molecule has 1 N–H and O–H groups in total. The SMILES string of the molecule is Cc1cccc(OCCCCC(=O)Nn2cnc3sc(C)c(-c4ccccc4)c3c2=O)c1. The molecule has 2 aromatic heterocycles. The Balaban J connectivity index is 1.39. The number of thiophene rings is 1. The molecule has 4 aromatic rings. The molecule has 2 aromatic carbocycles. The molecule has 0 fully saturated rings. The van der Waals surface area contributed by atoms with E-state index >= 15 is 0 Å². The molecule has 0 unspecified atom stereocenters. The number of carbonyl (C=O) groups excluding carboxylic acids is 1. The summed E-state index contributed by atoms with van der Waals surface area (Å²) in [6.07, 6.45) is 3.09. The summed E-state index contributed by atoms with van der Waals surface area (Å²) in [6.45, 7) is 4.54. The van der Waals surface area contributed by atoms with Gasteiger partial charge in [0.1, 0.15) is 16.9 Å². The van der Waals surface area contributed by atoms with Gasteiger partial charge < -0.3 is 4.74 Å². The Hall–Kier alpha value is -3.45. The molecule has 0 aliphatic rings. The van der Waals surface area contributed by atoms with E-state index in [2.05, 4.69) is 10.4 Å². The fourth-order valence-corrected chi connectivity index (χ4v) is 4.61. The number of aromatic nitrogens is 2. The van der Waals surface area contributed by atoms with Crippen molar-refractivity contribution in [2.45, 2.75) is 33.1 Å². The predicted molar refractivity (Wildman–Crippen MR) is 129 cm³/mol. The van der Waals surface area contributed by atoms with E-state index in [0.717, 1.165) is 33.7 Å². The van der Waals surface area contributed by atoms with Crippen LogP contribution in [-0.2, 0) is 4.79 Å². The number of nitrogens with zero attached hydrogens (tertiary/aromatic N) is 2. The molecule has 0 aliphatic carbocycles. The van der Waals surface area contributed by atoms with Gasteiger partial charge in [-0.1, -0.05) is 42.5 Å². The molecule has 0 saturated heterocycles. The maximum atomic E-state index is 13.1. The third-order valence-electron chi connectivity index (χ3n) is 5.15. The number of rotatable bonds is 8. The average Bonchev–Trinajstić information content (AvgIpc) is 3.13. The highest BCUT2D eigenvalue weighted by atomic mass is 32.1. The van der Waals surface area contributed by atoms with E-state index in [-0.39, 0.29) is 11.5 Å². The van der Waals surface area contributed by atoms with Gasteiger partial charge in [-0.2, -0.15) is 0 Å². The van der Waals surface area contributed by atoms with Gasteiger partial charge in [-0.15, -0.1) is 11.3 Å². The van der Waals surface area contributed by atoms with Crippen molar-refractivity contribution in [2.75, 3.05) is 12.0 Å². The summed E-state index contributed by atoms with van der Waals surface area (Å²) in [5.41, 5.74) is 5.39. The third kappa shape index (κ3) is 4.89. The van der Waals surface area contributed by atoms with Crippen molar-refractivity contribution in [1.29, 1.82) is 0 Å². The lowest BCUT2D eigenvalue weighted by molar-refractivity contribution is -0.117. The van der Waals surface area contributed by atoms with Crippen LogP contribution in [0.4, 0.5) is 0 Å². The van der Waals surface area contributed by atoms with Gasteiger partial charge in [0, 0.05) is 16.9 Å². The van der Waals surface area contributed by atoms with Crippen LogP contribution in [0.15, 0.2) is 65.7 Å². The predicted octanol–water partition coefficient (Wildman–Crippen LogP) is 5.06. The van der Waals surface area contributed by atoms with Crippen molar-refractivity contribution in [3.05, 3.63) is 81.7 Å². The highest BCUT2D eigenvalue weighted by molar-refractivity contribution is 7.19. The zero-order chi connectivity index (χ0) is 22.5. The molecule has 7 heteroatoms. The molecule has 0 saturated carbocycles. The van der Waals surface area contributed by atoms with E-state index in [9.17, 15) is 9.59 Å². The molecule has 0 aliphatic heterocycles. The zero-order valence-electron chi connectivity index (χ0n) is 18.1. The molecule has 4 rings (SSSR count). The lowest BCUT2D eigenvalue weighted by Gasteiger charge is -2.09. The Kier molecular flexibility index (Phi) is 6.66. The van der Waals surface area contributed by atoms with E-state index < -0.39 is 0 Å². The first-order valence-electron chi connectivity index (χ1n) is 10.6. The molecule has 0 radical (unpaired) electrons. The van der Waals surface area contributed by atoms with Crippen molar-refractivity contribution in [3.63, 3.8) is 0 Å². The summed E-state index contributed by atoms with van der Waals surface area (Å²) in [5, 5.41) is 0.535. The monoisotopic (exact) mass is 447 g/mol. The van der Waals surface area contributed by atoms with Crippen molar-refractivity contribution < 1.29 is 9.53 Å². The summed E-state index contributed by atoms with van der Waals surface area (Å²) in [4.78, 5) is 31.6. The van der Waals surface area contributed by atoms with Crippen molar-refractivity contribution >= 4 is 27.5 Å². The van der Waals surface area contributed by atoms with Gasteiger partial charge in [-0.3, -0.25) is 15.0 Å². The Bertz CT molecular complexity index is 1300. The number of amides is 1. The fraction of sp³-hybridized carbons (Fsp3) is 0.240. The maximum Gasteiger partial charge on any atom is 0.281 e. The van der Waals surface area contributed by atoms with Crippen molar-refractivity contribution in [1.82, 2.24) is 9.66 Å². The number of hydrogen-bond donors (Lipinski definition) is 1. The Morgan fingerprint density at radius 3 is 2.69 bits per heavy atom. The van der Waals surface area contributed by atoms with Gasteiger partial charge >= 0.3 is 0 Å². The first-order chi connectivity index (χ1) is 15.5. The minimum Gasteiger partial charge on any atom is -0.494 e. The topological polar surface area (TPSA) is 73.2 Å². The molecule has 0 spiro atoms. The number of ether oxygens (including phenoxy) is 1. The van der Waals surface area contributed by atoms with Crippen LogP contribution in [-0.4, -0.2) is 22.2 Å². The van der Waals surface area contributed by atoms with Crippen LogP contribution in [0.1, 0.15) is 29.7 Å². The molecule has 0 bridgehead atoms. The summed E-state index contributed by atoms with van der Waals surface area (Å²) in [7, 11) is 0. The molecule has 6 nitrogen and oxygen atoms in total. The summed E-state index contributed by atoms with van der Waals surface area (Å²) >= 11 is 1.48. The lowest BCUT2D eigenvalue weighted by atomic mass is 10.0. The second-order valence-electron chi connectivity index (χ2n) is 7.66. The van der Waals surface area contributed by atoms with Crippen LogP contribution >= 0.6 is 11.3 Å². The van der Waals surface area contributed by atoms with Gasteiger partial charge in [0.15, 0.2) is 0 Å². The molecular weight excluding hydrogens is 422 g/mol. The van der Waals surface area contributed by atoms with E-state index in [4.69, 9.17) is 4.74 Å². The van der Waals surface area contributed by atoms with Gasteiger partial charge in [-0.25, -0.2) is 9.66 Å². The second kappa shape index (κ2) is 9.78. The maximum absolute atomic E-state index is 13.1. The minimum atomic E-state index is -0.269. The third-order valence-corrected chi connectivity index (χ3v) is 6.17. The molecule has 164 valence electrons. The highest BCUT2D eigenvalue weighted by Crippen LogP contribution is 2.35. The zero-order valence-corrected chi connectivity index (χ0v) is 18.9. The number of carbonyl (C=O) groups is 1. The van der Waals surface area contributed by atoms with Crippen LogP contribution in [0.5, 0.6) is 5.75 Å². The van der Waals surface area contributed by atoms with E-state index in [1.165, 1.54) is 22.3 Å². The Morgan fingerprint density at radius 2 is 1.91 bits per heavy atom. The van der Waals surface area contributed by atoms with Crippen LogP contribution in [0.2, 0.25) is 0 Å². The van der Waals surface area contributed by atoms with E-state index in [0.29, 0.717) is 29.7 Å². The second-order valence-corrected chi connectivity index (χ2v) is 8.86. The summed E-state index contributed by atoms with van der Waals surface area (Å²) in [5.74, 6) is 0.609. The van der Waals surface area contributed by atoms with Gasteiger partial charge in [0.2, 0.25) is 5.91 Å². The molecule has 1 amide bonds. The molecule has 0 atom stereocenters. The molecule has 32 heavy (non-hydrogen) atoms. The lowest BCUT2D eigenvalue weighted by Crippen LogP contribution is -2.33. The summed E-state index contributed by atoms with van der Waals surface area (Å²) < 4.78 is 6.90. The summed E-state index contributed by atoms with van der Waals surface area (Å²) in [6, 6.07) is 17.7. The normalized spacial score (nSPS) is 10.9. The number of nitrogens with one attached hydrogen (secondary N) is 1. The largest absolute Gasteiger partial charge is 0.494 e. The number of aryl methyl sites for hydroxylation is 2. The quantitative estimate of drug-likeness (QED) is 0.383. The van der Waals surface area contributed by atoms with Crippen molar-refractivity contribution in [3.8, 4) is 16.9 Å².